The molecule has 1 aliphatic rings. The minimum Gasteiger partial charge on any atom is -0.755 e. The Bertz CT molecular complexity index is 533. The highest BCUT2D eigenvalue weighted by Gasteiger charge is 2.20. The Balaban J connectivity index is 3.16. The molecule has 108 valence electrons. The Hall–Kier alpha value is -1.92. The van der Waals surface area contributed by atoms with Gasteiger partial charge >= 0.3 is 0 Å². The molecule has 0 aromatic rings. The average Bonchev–Trinajstić information content (AvgIpc) is 2.38. The summed E-state index contributed by atoms with van der Waals surface area (Å²) >= 11 is -2.40. The zero-order valence-electron chi connectivity index (χ0n) is 11.3. The highest BCUT2D eigenvalue weighted by molar-refractivity contribution is 7.76. The van der Waals surface area contributed by atoms with Crippen LogP contribution in [0.3, 0.4) is 0 Å². The van der Waals surface area contributed by atoms with E-state index in [0.29, 0.717) is 17.8 Å². The van der Waals surface area contributed by atoms with E-state index in [0.717, 1.165) is 5.57 Å². The van der Waals surface area contributed by atoms with E-state index in [4.69, 9.17) is 0 Å². The lowest BCUT2D eigenvalue weighted by Crippen LogP contribution is -2.35. The van der Waals surface area contributed by atoms with Crippen molar-refractivity contribution in [2.45, 2.75) is 6.92 Å². The van der Waals surface area contributed by atoms with Gasteiger partial charge in [-0.1, -0.05) is 37.5 Å². The fourth-order valence-corrected chi connectivity index (χ4v) is 2.38. The molecule has 1 N–H and O–H groups in total. The zero-order chi connectivity index (χ0) is 15.1. The van der Waals surface area contributed by atoms with Gasteiger partial charge < -0.3 is 9.87 Å². The van der Waals surface area contributed by atoms with Crippen molar-refractivity contribution in [3.05, 3.63) is 60.4 Å². The molecule has 0 spiro atoms. The topological polar surface area (TPSA) is 72.5 Å². The zero-order valence-corrected chi connectivity index (χ0v) is 12.1. The molecule has 5 nitrogen and oxygen atoms in total. The first kappa shape index (κ1) is 16.1. The van der Waals surface area contributed by atoms with E-state index in [9.17, 15) is 13.6 Å². The number of hydrogen-bond acceptors (Lipinski definition) is 3. The second-order valence-electron chi connectivity index (χ2n) is 4.11. The Labute approximate surface area is 121 Å². The van der Waals surface area contributed by atoms with Gasteiger partial charge in [-0.25, -0.2) is 0 Å². The maximum Gasteiger partial charge on any atom is 0.217 e. The van der Waals surface area contributed by atoms with Crippen LogP contribution in [0.25, 0.3) is 0 Å². The smallest absolute Gasteiger partial charge is 0.217 e. The minimum atomic E-state index is -2.40. The van der Waals surface area contributed by atoms with Gasteiger partial charge in [-0.2, -0.15) is 0 Å². The minimum absolute atomic E-state index is 0.164. The lowest BCUT2D eigenvalue weighted by molar-refractivity contribution is -0.118. The molecule has 1 unspecified atom stereocenters. The Morgan fingerprint density at radius 1 is 1.50 bits per heavy atom. The molecule has 1 aliphatic heterocycles. The molecule has 0 bridgehead atoms. The van der Waals surface area contributed by atoms with Gasteiger partial charge in [0.1, 0.15) is 0 Å². The molecule has 1 heterocycles. The van der Waals surface area contributed by atoms with Crippen LogP contribution in [0.4, 0.5) is 0 Å². The van der Waals surface area contributed by atoms with Crippen molar-refractivity contribution in [2.24, 2.45) is 0 Å². The predicted octanol–water partition coefficient (Wildman–Crippen LogP) is 1.34. The van der Waals surface area contributed by atoms with Crippen LogP contribution in [0.2, 0.25) is 0 Å². The molecule has 20 heavy (non-hydrogen) atoms. The molecular weight excluding hydrogens is 276 g/mol. The van der Waals surface area contributed by atoms with Gasteiger partial charge in [0.05, 0.1) is 12.2 Å². The van der Waals surface area contributed by atoms with Crippen molar-refractivity contribution < 1.29 is 13.6 Å². The van der Waals surface area contributed by atoms with Crippen LogP contribution in [0.1, 0.15) is 6.92 Å². The highest BCUT2D eigenvalue weighted by Crippen LogP contribution is 2.26. The monoisotopic (exact) mass is 293 g/mol. The average molecular weight is 293 g/mol. The Kier molecular flexibility index (Phi) is 6.14. The fraction of sp³-hybridized carbons (Fsp3) is 0.214. The van der Waals surface area contributed by atoms with E-state index in [1.807, 2.05) is 6.08 Å². The lowest BCUT2D eigenvalue weighted by Gasteiger charge is -2.34. The van der Waals surface area contributed by atoms with Crippen LogP contribution in [0, 0.1) is 0 Å². The van der Waals surface area contributed by atoms with E-state index in [1.165, 1.54) is 17.3 Å². The third-order valence-corrected chi connectivity index (χ3v) is 3.27. The number of nitrogens with one attached hydrogen (secondary N) is 1. The normalized spacial score (nSPS) is 20.5. The molecule has 0 aliphatic carbocycles. The summed E-state index contributed by atoms with van der Waals surface area (Å²) in [6.07, 6.45) is 8.28. The summed E-state index contributed by atoms with van der Waals surface area (Å²) in [5, 5.41) is 2.66. The molecule has 0 radical (unpaired) electrons. The van der Waals surface area contributed by atoms with Crippen molar-refractivity contribution in [1.82, 2.24) is 9.62 Å². The van der Waals surface area contributed by atoms with Gasteiger partial charge in [0.2, 0.25) is 5.91 Å². The Morgan fingerprint density at radius 2 is 2.15 bits per heavy atom. The molecule has 0 aromatic heterocycles. The standard InChI is InChI=1S/C14H18N2O3S/c1-4-6-13-8-12(9-15-11(3)17)10-16(20(18)19)14(13)7-5-2/h4-8H,1-2,9-10H2,3H3,(H,15,17)(H,18,19)/p-1/b13-6-,14-7+. The first-order valence-corrected chi connectivity index (χ1v) is 6.99. The number of allylic oxidation sites excluding steroid dienone is 5. The third kappa shape index (κ3) is 4.32. The molecule has 0 aromatic carbocycles. The van der Waals surface area contributed by atoms with E-state index < -0.39 is 11.3 Å². The van der Waals surface area contributed by atoms with Crippen LogP contribution >= 0.6 is 0 Å². The van der Waals surface area contributed by atoms with Crippen LogP contribution < -0.4 is 5.32 Å². The molecular formula is C14H17N2O3S-. The van der Waals surface area contributed by atoms with Crippen LogP contribution in [-0.2, 0) is 16.1 Å². The molecule has 1 atom stereocenters. The summed E-state index contributed by atoms with van der Waals surface area (Å²) < 4.78 is 23.9. The van der Waals surface area contributed by atoms with Crippen LogP contribution in [0.15, 0.2) is 60.4 Å². The van der Waals surface area contributed by atoms with Crippen molar-refractivity contribution in [3.63, 3.8) is 0 Å². The quantitative estimate of drug-likeness (QED) is 0.777. The van der Waals surface area contributed by atoms with Crippen molar-refractivity contribution in [3.8, 4) is 0 Å². The number of carbonyl (C=O) groups is 1. The number of amides is 1. The predicted molar refractivity (Wildman–Crippen MR) is 79.0 cm³/mol. The Morgan fingerprint density at radius 3 is 2.65 bits per heavy atom. The summed E-state index contributed by atoms with van der Waals surface area (Å²) in [6.45, 7) is 9.12. The summed E-state index contributed by atoms with van der Waals surface area (Å²) in [5.41, 5.74) is 2.02. The van der Waals surface area contributed by atoms with E-state index in [-0.39, 0.29) is 12.5 Å². The van der Waals surface area contributed by atoms with Crippen molar-refractivity contribution >= 4 is 17.2 Å². The van der Waals surface area contributed by atoms with Crippen LogP contribution in [0.5, 0.6) is 0 Å². The fourth-order valence-electron chi connectivity index (χ4n) is 1.78. The number of carbonyl (C=O) groups excluding carboxylic acids is 1. The third-order valence-electron chi connectivity index (χ3n) is 2.59. The van der Waals surface area contributed by atoms with Gasteiger partial charge in [0.25, 0.3) is 0 Å². The molecule has 1 amide bonds. The molecule has 6 heteroatoms. The SMILES string of the molecule is C=C/C=C1/C=C(CNC(C)=O)CN(S(=O)[O-])/C1=C/C=C. The number of rotatable bonds is 5. The summed E-state index contributed by atoms with van der Waals surface area (Å²) in [6, 6.07) is 0. The summed E-state index contributed by atoms with van der Waals surface area (Å²) in [5.74, 6) is -0.164. The first-order valence-electron chi connectivity index (χ1n) is 5.96. The lowest BCUT2D eigenvalue weighted by atomic mass is 10.0. The summed E-state index contributed by atoms with van der Waals surface area (Å²) in [4.78, 5) is 10.9. The number of hydrogen-bond donors (Lipinski definition) is 1. The van der Waals surface area contributed by atoms with Gasteiger partial charge in [-0.15, -0.1) is 0 Å². The highest BCUT2D eigenvalue weighted by atomic mass is 32.2. The van der Waals surface area contributed by atoms with E-state index in [1.54, 1.807) is 18.2 Å². The van der Waals surface area contributed by atoms with Gasteiger partial charge in [0.15, 0.2) is 0 Å². The first-order chi connectivity index (χ1) is 9.49. The van der Waals surface area contributed by atoms with Gasteiger partial charge in [-0.3, -0.25) is 13.3 Å². The second kappa shape index (κ2) is 7.62. The molecule has 0 saturated heterocycles. The largest absolute Gasteiger partial charge is 0.755 e. The number of nitrogens with zero attached hydrogens (tertiary/aromatic N) is 1. The van der Waals surface area contributed by atoms with Gasteiger partial charge in [0, 0.05) is 24.7 Å². The summed E-state index contributed by atoms with van der Waals surface area (Å²) in [7, 11) is 0. The maximum absolute atomic E-state index is 11.4. The molecule has 0 fully saturated rings. The van der Waals surface area contributed by atoms with Crippen molar-refractivity contribution in [2.75, 3.05) is 13.1 Å². The van der Waals surface area contributed by atoms with E-state index >= 15 is 0 Å². The second-order valence-corrected chi connectivity index (χ2v) is 4.99. The van der Waals surface area contributed by atoms with Gasteiger partial charge in [-0.05, 0) is 17.2 Å². The van der Waals surface area contributed by atoms with Crippen molar-refractivity contribution in [1.29, 1.82) is 0 Å². The van der Waals surface area contributed by atoms with E-state index in [2.05, 4.69) is 18.5 Å². The van der Waals surface area contributed by atoms with Crippen LogP contribution in [-0.4, -0.2) is 32.1 Å². The molecule has 0 saturated carbocycles. The molecule has 1 rings (SSSR count). The maximum atomic E-state index is 11.4.